The van der Waals surface area contributed by atoms with Crippen LogP contribution in [-0.2, 0) is 9.59 Å². The average molecular weight is 306 g/mol. The van der Waals surface area contributed by atoms with E-state index in [1.807, 2.05) is 18.4 Å². The lowest BCUT2D eigenvalue weighted by atomic mass is 9.85. The van der Waals surface area contributed by atoms with Crippen LogP contribution < -0.4 is 5.32 Å². The van der Waals surface area contributed by atoms with Gasteiger partial charge in [0.1, 0.15) is 5.40 Å². The Morgan fingerprint density at radius 2 is 2.05 bits per heavy atom. The van der Waals surface area contributed by atoms with E-state index in [9.17, 15) is 9.59 Å². The van der Waals surface area contributed by atoms with Gasteiger partial charge in [-0.25, -0.2) is 0 Å². The molecule has 6 heteroatoms. The number of aliphatic carboxylic acids is 1. The molecule has 0 bridgehead atoms. The van der Waals surface area contributed by atoms with Gasteiger partial charge in [-0.15, -0.1) is 0 Å². The van der Waals surface area contributed by atoms with Gasteiger partial charge < -0.3 is 10.4 Å². The van der Waals surface area contributed by atoms with Crippen LogP contribution in [0.25, 0.3) is 0 Å². The number of benzene rings is 1. The molecule has 2 N–H and O–H groups in total. The molecule has 21 heavy (non-hydrogen) atoms. The number of nitrogens with zero attached hydrogens (tertiary/aromatic N) is 1. The molecule has 1 rings (SSSR count). The largest absolute Gasteiger partial charge is 0.481 e. The van der Waals surface area contributed by atoms with E-state index in [2.05, 4.69) is 5.32 Å². The second-order valence-electron chi connectivity index (χ2n) is 5.63. The van der Waals surface area contributed by atoms with Crippen LogP contribution in [0.4, 0.5) is 5.69 Å². The van der Waals surface area contributed by atoms with Gasteiger partial charge in [0.25, 0.3) is 0 Å². The topological polar surface area (TPSA) is 90.2 Å². The average Bonchev–Trinajstić information content (AvgIpc) is 2.30. The first kappa shape index (κ1) is 17.1. The Kier molecular flexibility index (Phi) is 5.79. The number of carbonyl (C=O) groups excluding carboxylic acids is 1. The van der Waals surface area contributed by atoms with Gasteiger partial charge in [0.05, 0.1) is 6.42 Å². The van der Waals surface area contributed by atoms with Gasteiger partial charge in [0.15, 0.2) is 0 Å². The van der Waals surface area contributed by atoms with Gasteiger partial charge in [-0.1, -0.05) is 13.8 Å². The van der Waals surface area contributed by atoms with Crippen molar-refractivity contribution in [2.45, 2.75) is 38.5 Å². The Labute approximate surface area is 128 Å². The SMILES string of the molecule is Cc1cc(SC#N)ccc1NC(=O)CC(C)(C)CC(=O)O. The molecule has 0 saturated heterocycles. The van der Waals surface area contributed by atoms with Gasteiger partial charge in [-0.05, 0) is 47.9 Å². The number of hydrogen-bond acceptors (Lipinski definition) is 4. The van der Waals surface area contributed by atoms with Crippen molar-refractivity contribution in [3.05, 3.63) is 23.8 Å². The predicted molar refractivity (Wildman–Crippen MR) is 81.9 cm³/mol. The summed E-state index contributed by atoms with van der Waals surface area (Å²) < 4.78 is 0. The van der Waals surface area contributed by atoms with E-state index < -0.39 is 11.4 Å². The van der Waals surface area contributed by atoms with Gasteiger partial charge in [-0.2, -0.15) is 5.26 Å². The summed E-state index contributed by atoms with van der Waals surface area (Å²) in [6.07, 6.45) is 0.0740. The summed E-state index contributed by atoms with van der Waals surface area (Å²) in [6, 6.07) is 5.34. The van der Waals surface area contributed by atoms with Crippen LogP contribution in [0.15, 0.2) is 23.1 Å². The second-order valence-corrected chi connectivity index (χ2v) is 6.49. The van der Waals surface area contributed by atoms with Crippen molar-refractivity contribution in [2.75, 3.05) is 5.32 Å². The van der Waals surface area contributed by atoms with Crippen LogP contribution in [0.2, 0.25) is 0 Å². The smallest absolute Gasteiger partial charge is 0.303 e. The van der Waals surface area contributed by atoms with E-state index in [1.54, 1.807) is 26.0 Å². The molecule has 1 amide bonds. The zero-order valence-corrected chi connectivity index (χ0v) is 13.1. The fraction of sp³-hybridized carbons (Fsp3) is 0.400. The molecule has 5 nitrogen and oxygen atoms in total. The molecule has 1 aromatic rings. The summed E-state index contributed by atoms with van der Waals surface area (Å²) in [5.74, 6) is -1.13. The van der Waals surface area contributed by atoms with E-state index in [0.29, 0.717) is 5.69 Å². The van der Waals surface area contributed by atoms with E-state index in [1.165, 1.54) is 0 Å². The van der Waals surface area contributed by atoms with Crippen molar-refractivity contribution in [2.24, 2.45) is 5.41 Å². The van der Waals surface area contributed by atoms with E-state index >= 15 is 0 Å². The molecule has 0 aromatic heterocycles. The maximum absolute atomic E-state index is 12.0. The van der Waals surface area contributed by atoms with Crippen molar-refractivity contribution in [1.29, 1.82) is 5.26 Å². The molecule has 0 aliphatic heterocycles. The number of nitriles is 1. The number of amides is 1. The van der Waals surface area contributed by atoms with Crippen molar-refractivity contribution >= 4 is 29.3 Å². The maximum atomic E-state index is 12.0. The van der Waals surface area contributed by atoms with Crippen LogP contribution >= 0.6 is 11.8 Å². The summed E-state index contributed by atoms with van der Waals surface area (Å²) in [5.41, 5.74) is 0.938. The first-order valence-corrected chi connectivity index (χ1v) is 7.23. The highest BCUT2D eigenvalue weighted by molar-refractivity contribution is 8.03. The minimum atomic E-state index is -0.915. The Balaban J connectivity index is 2.71. The number of hydrogen-bond donors (Lipinski definition) is 2. The molecule has 0 aliphatic rings. The number of carbonyl (C=O) groups is 2. The number of nitrogens with one attached hydrogen (secondary N) is 1. The minimum Gasteiger partial charge on any atom is -0.481 e. The first-order chi connectivity index (χ1) is 9.73. The summed E-state index contributed by atoms with van der Waals surface area (Å²) >= 11 is 1.06. The van der Waals surface area contributed by atoms with E-state index in [0.717, 1.165) is 22.2 Å². The normalized spacial score (nSPS) is 10.8. The Morgan fingerprint density at radius 1 is 1.38 bits per heavy atom. The number of carboxylic acids is 1. The Bertz CT molecular complexity index is 591. The fourth-order valence-electron chi connectivity index (χ4n) is 1.99. The molecule has 1 aromatic carbocycles. The van der Waals surface area contributed by atoms with Gasteiger partial charge in [0, 0.05) is 17.0 Å². The lowest BCUT2D eigenvalue weighted by Gasteiger charge is -2.21. The highest BCUT2D eigenvalue weighted by Crippen LogP contribution is 2.27. The van der Waals surface area contributed by atoms with Gasteiger partial charge >= 0.3 is 5.97 Å². The van der Waals surface area contributed by atoms with E-state index in [4.69, 9.17) is 10.4 Å². The van der Waals surface area contributed by atoms with Crippen LogP contribution in [0.5, 0.6) is 0 Å². The molecule has 0 fully saturated rings. The third-order valence-electron chi connectivity index (χ3n) is 2.90. The minimum absolute atomic E-state index is 0.0584. The monoisotopic (exact) mass is 306 g/mol. The van der Waals surface area contributed by atoms with Crippen LogP contribution in [0.1, 0.15) is 32.3 Å². The first-order valence-electron chi connectivity index (χ1n) is 6.42. The van der Waals surface area contributed by atoms with Crippen molar-refractivity contribution in [3.63, 3.8) is 0 Å². The van der Waals surface area contributed by atoms with Crippen LogP contribution in [-0.4, -0.2) is 17.0 Å². The third-order valence-corrected chi connectivity index (χ3v) is 3.49. The Hall–Kier alpha value is -2.00. The number of carboxylic acid groups (broad SMARTS) is 1. The molecular formula is C15H18N2O3S. The molecular weight excluding hydrogens is 288 g/mol. The maximum Gasteiger partial charge on any atom is 0.303 e. The number of thiocyanates is 1. The predicted octanol–water partition coefficient (Wildman–Crippen LogP) is 3.40. The molecule has 0 radical (unpaired) electrons. The van der Waals surface area contributed by atoms with Crippen LogP contribution in [0.3, 0.4) is 0 Å². The molecule has 0 heterocycles. The number of thioether (sulfide) groups is 1. The zero-order valence-electron chi connectivity index (χ0n) is 12.3. The molecule has 0 unspecified atom stereocenters. The summed E-state index contributed by atoms with van der Waals surface area (Å²) in [4.78, 5) is 23.6. The molecule has 0 aliphatic carbocycles. The standard InChI is InChI=1S/C15H18N2O3S/c1-10-6-11(21-9-16)4-5-12(10)17-13(18)7-15(2,3)8-14(19)20/h4-6H,7-8H2,1-3H3,(H,17,18)(H,19,20). The number of aryl methyl sites for hydroxylation is 1. The number of anilines is 1. The highest BCUT2D eigenvalue weighted by atomic mass is 32.2. The second kappa shape index (κ2) is 7.14. The lowest BCUT2D eigenvalue weighted by molar-refractivity contribution is -0.139. The Morgan fingerprint density at radius 3 is 2.57 bits per heavy atom. The molecule has 0 saturated carbocycles. The highest BCUT2D eigenvalue weighted by Gasteiger charge is 2.25. The van der Waals surface area contributed by atoms with Crippen molar-refractivity contribution in [1.82, 2.24) is 0 Å². The quantitative estimate of drug-likeness (QED) is 0.621. The third kappa shape index (κ3) is 5.88. The lowest BCUT2D eigenvalue weighted by Crippen LogP contribution is -2.25. The van der Waals surface area contributed by atoms with Crippen molar-refractivity contribution in [3.8, 4) is 5.40 Å². The van der Waals surface area contributed by atoms with E-state index in [-0.39, 0.29) is 18.7 Å². The van der Waals surface area contributed by atoms with Crippen molar-refractivity contribution < 1.29 is 14.7 Å². The molecule has 0 atom stereocenters. The van der Waals surface area contributed by atoms with Crippen LogP contribution in [0, 0.1) is 23.0 Å². The molecule has 0 spiro atoms. The number of rotatable bonds is 6. The summed E-state index contributed by atoms with van der Waals surface area (Å²) in [5, 5.41) is 22.2. The zero-order chi connectivity index (χ0) is 16.0. The van der Waals surface area contributed by atoms with Gasteiger partial charge in [0.2, 0.25) is 5.91 Å². The van der Waals surface area contributed by atoms with Gasteiger partial charge in [-0.3, -0.25) is 9.59 Å². The summed E-state index contributed by atoms with van der Waals surface area (Å²) in [7, 11) is 0. The molecule has 112 valence electrons. The fourth-order valence-corrected chi connectivity index (χ4v) is 2.47. The summed E-state index contributed by atoms with van der Waals surface area (Å²) in [6.45, 7) is 5.35.